The minimum Gasteiger partial charge on any atom is -0.383 e. The molecule has 0 saturated heterocycles. The van der Waals surface area contributed by atoms with Crippen molar-refractivity contribution in [3.63, 3.8) is 0 Å². The van der Waals surface area contributed by atoms with Crippen LogP contribution in [0.5, 0.6) is 0 Å². The van der Waals surface area contributed by atoms with E-state index in [1.807, 2.05) is 6.07 Å². The van der Waals surface area contributed by atoms with Gasteiger partial charge < -0.3 is 5.32 Å². The van der Waals surface area contributed by atoms with E-state index in [9.17, 15) is 4.39 Å². The first-order valence-corrected chi connectivity index (χ1v) is 5.07. The molecule has 0 aliphatic heterocycles. The average Bonchev–Trinajstić information content (AvgIpc) is 2.20. The molecule has 0 unspecified atom stereocenters. The van der Waals surface area contributed by atoms with Crippen LogP contribution in [0.2, 0.25) is 0 Å². The fraction of sp³-hybridized carbons (Fsp3) is 0.417. The molecule has 1 aromatic rings. The van der Waals surface area contributed by atoms with E-state index >= 15 is 0 Å². The number of nitrogens with one attached hydrogen (secondary N) is 1. The zero-order valence-electron chi connectivity index (χ0n) is 9.05. The molecule has 0 aliphatic carbocycles. The van der Waals surface area contributed by atoms with Crippen LogP contribution < -0.4 is 5.32 Å². The summed E-state index contributed by atoms with van der Waals surface area (Å²) >= 11 is 0. The lowest BCUT2D eigenvalue weighted by Gasteiger charge is -2.09. The van der Waals surface area contributed by atoms with Crippen LogP contribution in [0.15, 0.2) is 18.2 Å². The van der Waals surface area contributed by atoms with E-state index in [-0.39, 0.29) is 5.82 Å². The third-order valence-electron chi connectivity index (χ3n) is 2.14. The molecule has 3 heteroatoms. The number of nitrogens with zero attached hydrogens (tertiary/aromatic N) is 1. The molecule has 0 spiro atoms. The Labute approximate surface area is 89.7 Å². The Bertz CT molecular complexity index is 366. The van der Waals surface area contributed by atoms with Crippen molar-refractivity contribution in [3.8, 4) is 6.07 Å². The van der Waals surface area contributed by atoms with E-state index in [0.29, 0.717) is 17.2 Å². The highest BCUT2D eigenvalue weighted by Gasteiger charge is 2.02. The predicted molar refractivity (Wildman–Crippen MR) is 59.1 cm³/mol. The molecule has 0 bridgehead atoms. The van der Waals surface area contributed by atoms with Crippen LogP contribution in [-0.4, -0.2) is 6.54 Å². The highest BCUT2D eigenvalue weighted by atomic mass is 19.1. The largest absolute Gasteiger partial charge is 0.383 e. The van der Waals surface area contributed by atoms with E-state index in [4.69, 9.17) is 5.26 Å². The average molecular weight is 206 g/mol. The van der Waals surface area contributed by atoms with Gasteiger partial charge in [-0.3, -0.25) is 0 Å². The molecular formula is C12H15FN2. The van der Waals surface area contributed by atoms with Gasteiger partial charge in [0.1, 0.15) is 5.82 Å². The summed E-state index contributed by atoms with van der Waals surface area (Å²) in [6.45, 7) is 4.99. The van der Waals surface area contributed by atoms with Gasteiger partial charge in [0.05, 0.1) is 17.3 Å². The first-order valence-electron chi connectivity index (χ1n) is 5.07. The molecule has 1 aromatic carbocycles. The fourth-order valence-corrected chi connectivity index (χ4v) is 1.22. The predicted octanol–water partition coefficient (Wildman–Crippen LogP) is 3.16. The highest BCUT2D eigenvalue weighted by Crippen LogP contribution is 2.15. The molecule has 0 amide bonds. The molecule has 0 heterocycles. The van der Waals surface area contributed by atoms with Crippen LogP contribution in [0, 0.1) is 23.1 Å². The van der Waals surface area contributed by atoms with E-state index < -0.39 is 0 Å². The maximum Gasteiger partial charge on any atom is 0.147 e. The van der Waals surface area contributed by atoms with Crippen molar-refractivity contribution in [2.75, 3.05) is 11.9 Å². The highest BCUT2D eigenvalue weighted by molar-refractivity contribution is 5.48. The lowest BCUT2D eigenvalue weighted by atomic mass is 10.1. The van der Waals surface area contributed by atoms with Gasteiger partial charge >= 0.3 is 0 Å². The first-order chi connectivity index (χ1) is 7.13. The van der Waals surface area contributed by atoms with Crippen molar-refractivity contribution in [3.05, 3.63) is 29.6 Å². The third kappa shape index (κ3) is 3.59. The van der Waals surface area contributed by atoms with Gasteiger partial charge in [-0.05, 0) is 30.5 Å². The zero-order chi connectivity index (χ0) is 11.3. The Morgan fingerprint density at radius 3 is 2.73 bits per heavy atom. The molecule has 0 aliphatic rings. The van der Waals surface area contributed by atoms with Gasteiger partial charge in [0.2, 0.25) is 0 Å². The Balaban J connectivity index is 2.59. The van der Waals surface area contributed by atoms with Gasteiger partial charge in [0.25, 0.3) is 0 Å². The normalized spacial score (nSPS) is 10.1. The summed E-state index contributed by atoms with van der Waals surface area (Å²) in [6.07, 6.45) is 0.999. The second-order valence-corrected chi connectivity index (χ2v) is 3.92. The number of hydrogen-bond donors (Lipinski definition) is 1. The SMILES string of the molecule is CC(C)CCNc1ccc(C#N)cc1F. The Morgan fingerprint density at radius 2 is 2.20 bits per heavy atom. The molecule has 15 heavy (non-hydrogen) atoms. The molecule has 2 nitrogen and oxygen atoms in total. The summed E-state index contributed by atoms with van der Waals surface area (Å²) in [4.78, 5) is 0. The van der Waals surface area contributed by atoms with Gasteiger partial charge in [-0.25, -0.2) is 4.39 Å². The van der Waals surface area contributed by atoms with Crippen LogP contribution in [0.4, 0.5) is 10.1 Å². The summed E-state index contributed by atoms with van der Waals surface area (Å²) in [5, 5.41) is 11.6. The summed E-state index contributed by atoms with van der Waals surface area (Å²) < 4.78 is 13.3. The second-order valence-electron chi connectivity index (χ2n) is 3.92. The van der Waals surface area contributed by atoms with Crippen molar-refractivity contribution in [1.82, 2.24) is 0 Å². The first kappa shape index (κ1) is 11.5. The molecule has 1 rings (SSSR count). The molecule has 0 fully saturated rings. The van der Waals surface area contributed by atoms with E-state index in [2.05, 4.69) is 19.2 Å². The van der Waals surface area contributed by atoms with Crippen LogP contribution in [-0.2, 0) is 0 Å². The molecule has 0 aromatic heterocycles. The van der Waals surface area contributed by atoms with Crippen LogP contribution >= 0.6 is 0 Å². The number of rotatable bonds is 4. The van der Waals surface area contributed by atoms with Crippen molar-refractivity contribution in [2.24, 2.45) is 5.92 Å². The molecule has 80 valence electrons. The lowest BCUT2D eigenvalue weighted by molar-refractivity contribution is 0.599. The molecule has 1 N–H and O–H groups in total. The fourth-order valence-electron chi connectivity index (χ4n) is 1.22. The maximum atomic E-state index is 13.3. The van der Waals surface area contributed by atoms with E-state index in [0.717, 1.165) is 13.0 Å². The Morgan fingerprint density at radius 1 is 1.47 bits per heavy atom. The summed E-state index contributed by atoms with van der Waals surface area (Å²) in [6, 6.07) is 6.37. The van der Waals surface area contributed by atoms with Gasteiger partial charge in [-0.2, -0.15) is 5.26 Å². The number of anilines is 1. The topological polar surface area (TPSA) is 35.8 Å². The monoisotopic (exact) mass is 206 g/mol. The summed E-state index contributed by atoms with van der Waals surface area (Å²) in [5.74, 6) is 0.233. The van der Waals surface area contributed by atoms with Crippen LogP contribution in [0.1, 0.15) is 25.8 Å². The molecule has 0 atom stereocenters. The lowest BCUT2D eigenvalue weighted by Crippen LogP contribution is -2.06. The molecule has 0 radical (unpaired) electrons. The van der Waals surface area contributed by atoms with E-state index in [1.54, 1.807) is 12.1 Å². The third-order valence-corrected chi connectivity index (χ3v) is 2.14. The van der Waals surface area contributed by atoms with Gasteiger partial charge in [0, 0.05) is 6.54 Å². The van der Waals surface area contributed by atoms with Crippen molar-refractivity contribution >= 4 is 5.69 Å². The quantitative estimate of drug-likeness (QED) is 0.821. The number of nitriles is 1. The smallest absolute Gasteiger partial charge is 0.147 e. The second kappa shape index (κ2) is 5.35. The number of benzene rings is 1. The van der Waals surface area contributed by atoms with Crippen LogP contribution in [0.3, 0.4) is 0 Å². The van der Waals surface area contributed by atoms with Crippen LogP contribution in [0.25, 0.3) is 0 Å². The Kier molecular flexibility index (Phi) is 4.11. The molecular weight excluding hydrogens is 191 g/mol. The molecule has 0 saturated carbocycles. The Hall–Kier alpha value is -1.56. The minimum atomic E-state index is -0.363. The minimum absolute atomic E-state index is 0.349. The number of hydrogen-bond acceptors (Lipinski definition) is 2. The van der Waals surface area contributed by atoms with Gasteiger partial charge in [0.15, 0.2) is 0 Å². The summed E-state index contributed by atoms with van der Waals surface area (Å²) in [7, 11) is 0. The van der Waals surface area contributed by atoms with Gasteiger partial charge in [-0.15, -0.1) is 0 Å². The van der Waals surface area contributed by atoms with Crippen molar-refractivity contribution in [2.45, 2.75) is 20.3 Å². The maximum absolute atomic E-state index is 13.3. The zero-order valence-corrected chi connectivity index (χ0v) is 9.05. The number of halogens is 1. The standard InChI is InChI=1S/C12H15FN2/c1-9(2)5-6-15-12-4-3-10(8-14)7-11(12)13/h3-4,7,9,15H,5-6H2,1-2H3. The van der Waals surface area contributed by atoms with E-state index in [1.165, 1.54) is 6.07 Å². The van der Waals surface area contributed by atoms with Gasteiger partial charge in [-0.1, -0.05) is 13.8 Å². The van der Waals surface area contributed by atoms with Crippen molar-refractivity contribution in [1.29, 1.82) is 5.26 Å². The summed E-state index contributed by atoms with van der Waals surface area (Å²) in [5.41, 5.74) is 0.816. The van der Waals surface area contributed by atoms with Crippen molar-refractivity contribution < 1.29 is 4.39 Å².